The lowest BCUT2D eigenvalue weighted by atomic mass is 10.1. The molecule has 106 valence electrons. The molecule has 0 amide bonds. The lowest BCUT2D eigenvalue weighted by Crippen LogP contribution is -1.99. The number of nitrogens with one attached hydrogen (secondary N) is 1. The lowest BCUT2D eigenvalue weighted by Gasteiger charge is -2.14. The molecular formula is C17H16ClN3. The summed E-state index contributed by atoms with van der Waals surface area (Å²) in [6.45, 7) is 2.13. The van der Waals surface area contributed by atoms with E-state index in [1.54, 1.807) is 6.20 Å². The van der Waals surface area contributed by atoms with E-state index >= 15 is 0 Å². The van der Waals surface area contributed by atoms with Crippen LogP contribution < -0.4 is 11.1 Å². The maximum atomic E-state index is 6.22. The van der Waals surface area contributed by atoms with Crippen LogP contribution in [-0.4, -0.2) is 4.98 Å². The molecule has 0 aliphatic rings. The van der Waals surface area contributed by atoms with E-state index in [1.807, 2.05) is 30.3 Å². The molecule has 0 spiro atoms. The summed E-state index contributed by atoms with van der Waals surface area (Å²) in [5.41, 5.74) is 10.6. The van der Waals surface area contributed by atoms with E-state index in [0.29, 0.717) is 10.7 Å². The first kappa shape index (κ1) is 13.7. The number of rotatable bonds is 3. The van der Waals surface area contributed by atoms with Gasteiger partial charge >= 0.3 is 0 Å². The fraction of sp³-hybridized carbons (Fsp3) is 0.118. The first-order valence-corrected chi connectivity index (χ1v) is 7.25. The second-order valence-corrected chi connectivity index (χ2v) is 5.31. The Morgan fingerprint density at radius 1 is 1.19 bits per heavy atom. The standard InChI is InChI=1S/C17H16ClN3/c1-2-11-7-8-15-12(9-11)17(14(19)10-20-15)21-16-6-4-3-5-13(16)18/h3-10H,2,19H2,1H3,(H,20,21). The molecule has 0 radical (unpaired) electrons. The minimum Gasteiger partial charge on any atom is -0.396 e. The van der Waals surface area contributed by atoms with E-state index in [0.717, 1.165) is 28.7 Å². The second kappa shape index (κ2) is 5.62. The van der Waals surface area contributed by atoms with Crippen molar-refractivity contribution in [2.24, 2.45) is 0 Å². The van der Waals surface area contributed by atoms with E-state index in [2.05, 4.69) is 29.4 Å². The van der Waals surface area contributed by atoms with Crippen molar-refractivity contribution in [2.75, 3.05) is 11.1 Å². The van der Waals surface area contributed by atoms with Crippen LogP contribution in [-0.2, 0) is 6.42 Å². The van der Waals surface area contributed by atoms with Crippen LogP contribution in [0.3, 0.4) is 0 Å². The minimum absolute atomic E-state index is 0.607. The zero-order valence-electron chi connectivity index (χ0n) is 11.7. The highest BCUT2D eigenvalue weighted by atomic mass is 35.5. The van der Waals surface area contributed by atoms with Crippen LogP contribution in [0, 0.1) is 0 Å². The number of nitrogens with zero attached hydrogens (tertiary/aromatic N) is 1. The molecule has 3 nitrogen and oxygen atoms in total. The number of hydrogen-bond acceptors (Lipinski definition) is 3. The molecular weight excluding hydrogens is 282 g/mol. The summed E-state index contributed by atoms with van der Waals surface area (Å²) >= 11 is 6.22. The number of nitrogen functional groups attached to an aromatic ring is 1. The lowest BCUT2D eigenvalue weighted by molar-refractivity contribution is 1.14. The Bertz CT molecular complexity index is 799. The topological polar surface area (TPSA) is 50.9 Å². The summed E-state index contributed by atoms with van der Waals surface area (Å²) < 4.78 is 0. The van der Waals surface area contributed by atoms with Gasteiger partial charge in [-0.3, -0.25) is 4.98 Å². The smallest absolute Gasteiger partial charge is 0.0746 e. The predicted octanol–water partition coefficient (Wildman–Crippen LogP) is 4.78. The highest BCUT2D eigenvalue weighted by Crippen LogP contribution is 2.33. The van der Waals surface area contributed by atoms with Crippen LogP contribution in [0.5, 0.6) is 0 Å². The average molecular weight is 298 g/mol. The van der Waals surface area contributed by atoms with Gasteiger partial charge in [0.15, 0.2) is 0 Å². The van der Waals surface area contributed by atoms with Gasteiger partial charge in [-0.25, -0.2) is 0 Å². The van der Waals surface area contributed by atoms with Gasteiger partial charge in [-0.2, -0.15) is 0 Å². The third kappa shape index (κ3) is 2.65. The molecule has 4 heteroatoms. The minimum atomic E-state index is 0.607. The molecule has 0 saturated heterocycles. The molecule has 0 unspecified atom stereocenters. The number of fused-ring (bicyclic) bond motifs is 1. The summed E-state index contributed by atoms with van der Waals surface area (Å²) in [4.78, 5) is 4.38. The molecule has 0 aliphatic carbocycles. The Labute approximate surface area is 128 Å². The first-order chi connectivity index (χ1) is 10.2. The Kier molecular flexibility index (Phi) is 3.67. The van der Waals surface area contributed by atoms with Gasteiger partial charge < -0.3 is 11.1 Å². The molecule has 1 aromatic heterocycles. The van der Waals surface area contributed by atoms with Crippen molar-refractivity contribution >= 4 is 39.6 Å². The third-order valence-electron chi connectivity index (χ3n) is 3.50. The Hall–Kier alpha value is -2.26. The van der Waals surface area contributed by atoms with E-state index in [1.165, 1.54) is 5.56 Å². The number of aromatic nitrogens is 1. The van der Waals surface area contributed by atoms with Crippen molar-refractivity contribution in [1.29, 1.82) is 0 Å². The quantitative estimate of drug-likeness (QED) is 0.731. The Morgan fingerprint density at radius 3 is 2.76 bits per heavy atom. The molecule has 21 heavy (non-hydrogen) atoms. The van der Waals surface area contributed by atoms with Crippen molar-refractivity contribution in [3.05, 3.63) is 59.2 Å². The van der Waals surface area contributed by atoms with Crippen molar-refractivity contribution < 1.29 is 0 Å². The fourth-order valence-corrected chi connectivity index (χ4v) is 2.49. The van der Waals surface area contributed by atoms with Crippen molar-refractivity contribution in [1.82, 2.24) is 4.98 Å². The maximum Gasteiger partial charge on any atom is 0.0746 e. The van der Waals surface area contributed by atoms with Gasteiger partial charge in [-0.15, -0.1) is 0 Å². The average Bonchev–Trinajstić information content (AvgIpc) is 2.51. The van der Waals surface area contributed by atoms with Crippen LogP contribution >= 0.6 is 11.6 Å². The van der Waals surface area contributed by atoms with Crippen LogP contribution in [0.25, 0.3) is 10.9 Å². The van der Waals surface area contributed by atoms with Crippen LogP contribution in [0.15, 0.2) is 48.7 Å². The monoisotopic (exact) mass is 297 g/mol. The molecule has 1 heterocycles. The summed E-state index contributed by atoms with van der Waals surface area (Å²) in [6.07, 6.45) is 2.64. The van der Waals surface area contributed by atoms with E-state index in [4.69, 9.17) is 17.3 Å². The van der Waals surface area contributed by atoms with E-state index in [9.17, 15) is 0 Å². The number of hydrogen-bond donors (Lipinski definition) is 2. The Morgan fingerprint density at radius 2 is 2.00 bits per heavy atom. The molecule has 0 saturated carbocycles. The molecule has 0 atom stereocenters. The summed E-state index contributed by atoms with van der Waals surface area (Å²) in [7, 11) is 0. The second-order valence-electron chi connectivity index (χ2n) is 4.90. The normalized spacial score (nSPS) is 10.8. The SMILES string of the molecule is CCc1ccc2ncc(N)c(Nc3ccccc3Cl)c2c1. The van der Waals surface area contributed by atoms with Crippen LogP contribution in [0.2, 0.25) is 5.02 Å². The van der Waals surface area contributed by atoms with Gasteiger partial charge in [0.1, 0.15) is 0 Å². The largest absolute Gasteiger partial charge is 0.396 e. The maximum absolute atomic E-state index is 6.22. The molecule has 0 fully saturated rings. The highest BCUT2D eigenvalue weighted by Gasteiger charge is 2.09. The molecule has 0 aliphatic heterocycles. The number of halogens is 1. The third-order valence-corrected chi connectivity index (χ3v) is 3.83. The van der Waals surface area contributed by atoms with Crippen LogP contribution in [0.1, 0.15) is 12.5 Å². The summed E-state index contributed by atoms with van der Waals surface area (Å²) in [5.74, 6) is 0. The molecule has 3 aromatic rings. The zero-order chi connectivity index (χ0) is 14.8. The van der Waals surface area contributed by atoms with Gasteiger partial charge in [0, 0.05) is 5.39 Å². The van der Waals surface area contributed by atoms with Gasteiger partial charge in [0.25, 0.3) is 0 Å². The zero-order valence-corrected chi connectivity index (χ0v) is 12.5. The molecule has 3 N–H and O–H groups in total. The van der Waals surface area contributed by atoms with Gasteiger partial charge in [-0.05, 0) is 36.2 Å². The molecule has 2 aromatic carbocycles. The number of pyridine rings is 1. The number of benzene rings is 2. The number of nitrogens with two attached hydrogens (primary N) is 1. The number of anilines is 3. The first-order valence-electron chi connectivity index (χ1n) is 6.87. The van der Waals surface area contributed by atoms with E-state index in [-0.39, 0.29) is 0 Å². The van der Waals surface area contributed by atoms with Gasteiger partial charge in [-0.1, -0.05) is 36.7 Å². The summed E-state index contributed by atoms with van der Waals surface area (Å²) in [6, 6.07) is 13.8. The highest BCUT2D eigenvalue weighted by molar-refractivity contribution is 6.33. The predicted molar refractivity (Wildman–Crippen MR) is 90.3 cm³/mol. The van der Waals surface area contributed by atoms with Crippen molar-refractivity contribution in [3.8, 4) is 0 Å². The summed E-state index contributed by atoms with van der Waals surface area (Å²) in [5, 5.41) is 5.01. The number of aryl methyl sites for hydroxylation is 1. The fourth-order valence-electron chi connectivity index (χ4n) is 2.31. The molecule has 0 bridgehead atoms. The number of para-hydroxylation sites is 1. The van der Waals surface area contributed by atoms with E-state index < -0.39 is 0 Å². The molecule has 3 rings (SSSR count). The van der Waals surface area contributed by atoms with Crippen molar-refractivity contribution in [2.45, 2.75) is 13.3 Å². The van der Waals surface area contributed by atoms with Crippen LogP contribution in [0.4, 0.5) is 17.1 Å². The van der Waals surface area contributed by atoms with Crippen molar-refractivity contribution in [3.63, 3.8) is 0 Å². The Balaban J connectivity index is 2.16. The van der Waals surface area contributed by atoms with Gasteiger partial charge in [0.2, 0.25) is 0 Å². The van der Waals surface area contributed by atoms with Gasteiger partial charge in [0.05, 0.1) is 33.8 Å².